The van der Waals surface area contributed by atoms with Crippen molar-refractivity contribution in [2.45, 2.75) is 81.6 Å². The fourth-order valence-electron chi connectivity index (χ4n) is 2.02. The number of rotatable bonds is 3. The van der Waals surface area contributed by atoms with Crippen LogP contribution in [0.25, 0.3) is 0 Å². The summed E-state index contributed by atoms with van der Waals surface area (Å²) in [6.45, 7) is 20.9. The summed E-state index contributed by atoms with van der Waals surface area (Å²) in [4.78, 5) is 0. The van der Waals surface area contributed by atoms with E-state index in [2.05, 4.69) is 68.4 Å². The molecule has 0 atom stereocenters. The minimum Gasteiger partial charge on any atom is -0.0848 e. The normalized spacial score (nSPS) is 13.7. The molecule has 17 heavy (non-hydrogen) atoms. The lowest BCUT2D eigenvalue weighted by Crippen LogP contribution is -2.13. The van der Waals surface area contributed by atoms with E-state index in [9.17, 15) is 0 Å². The molecule has 0 saturated carbocycles. The molecule has 0 bridgehead atoms. The molecule has 0 aliphatic rings. The Morgan fingerprint density at radius 3 is 1.24 bits per heavy atom. The van der Waals surface area contributed by atoms with E-state index < -0.39 is 0 Å². The summed E-state index contributed by atoms with van der Waals surface area (Å²) in [5, 5.41) is 0. The van der Waals surface area contributed by atoms with Crippen molar-refractivity contribution >= 4 is 0 Å². The molecule has 0 fully saturated rings. The Morgan fingerprint density at radius 2 is 1.00 bits per heavy atom. The Kier molecular flexibility index (Phi) is 5.50. The van der Waals surface area contributed by atoms with E-state index in [4.69, 9.17) is 0 Å². The Balaban J connectivity index is 4.74. The average Bonchev–Trinajstić information content (AvgIpc) is 1.92. The van der Waals surface area contributed by atoms with Gasteiger partial charge in [0.05, 0.1) is 0 Å². The van der Waals surface area contributed by atoms with Crippen LogP contribution in [0.4, 0.5) is 0 Å². The summed E-state index contributed by atoms with van der Waals surface area (Å²) in [7, 11) is 0. The van der Waals surface area contributed by atoms with E-state index in [-0.39, 0.29) is 0 Å². The minimum absolute atomic E-state index is 0.398. The molecule has 102 valence electrons. The summed E-state index contributed by atoms with van der Waals surface area (Å²) in [5.41, 5.74) is 2.84. The van der Waals surface area contributed by atoms with Crippen LogP contribution in [-0.2, 0) is 0 Å². The average molecular weight is 238 g/mol. The molecule has 0 unspecified atom stereocenters. The van der Waals surface area contributed by atoms with Gasteiger partial charge >= 0.3 is 0 Å². The third kappa shape index (κ3) is 12.0. The summed E-state index contributed by atoms with van der Waals surface area (Å²) in [6, 6.07) is 0. The maximum Gasteiger partial charge on any atom is -0.0271 e. The second-order valence-corrected chi connectivity index (χ2v) is 9.10. The molecule has 0 nitrogen and oxygen atoms in total. The Morgan fingerprint density at radius 1 is 0.647 bits per heavy atom. The van der Waals surface area contributed by atoms with Gasteiger partial charge < -0.3 is 0 Å². The lowest BCUT2D eigenvalue weighted by molar-refractivity contribution is 0.353. The first-order valence-corrected chi connectivity index (χ1v) is 6.96. The Hall–Kier alpha value is -0.260. The van der Waals surface area contributed by atoms with Gasteiger partial charge in [-0.25, -0.2) is 0 Å². The van der Waals surface area contributed by atoms with Crippen LogP contribution < -0.4 is 0 Å². The molecule has 0 heterocycles. The largest absolute Gasteiger partial charge is 0.0848 e. The number of hydrogen-bond acceptors (Lipinski definition) is 0. The highest BCUT2D eigenvalue weighted by molar-refractivity contribution is 5.07. The summed E-state index contributed by atoms with van der Waals surface area (Å²) in [5.74, 6) is 0. The van der Waals surface area contributed by atoms with Gasteiger partial charge in [0, 0.05) is 0 Å². The smallest absolute Gasteiger partial charge is 0.0271 e. The SMILES string of the molecule is CC(C)(C)CC=C(CC(C)(C)C)CC(C)(C)C. The predicted molar refractivity (Wildman–Crippen MR) is 80.3 cm³/mol. The van der Waals surface area contributed by atoms with Crippen molar-refractivity contribution in [3.05, 3.63) is 11.6 Å². The molecule has 0 amide bonds. The summed E-state index contributed by atoms with van der Waals surface area (Å²) < 4.78 is 0. The molecule has 0 aliphatic heterocycles. The first kappa shape index (κ1) is 16.7. The van der Waals surface area contributed by atoms with Crippen molar-refractivity contribution in [3.63, 3.8) is 0 Å². The van der Waals surface area contributed by atoms with Crippen molar-refractivity contribution < 1.29 is 0 Å². The van der Waals surface area contributed by atoms with Crippen LogP contribution in [-0.4, -0.2) is 0 Å². The molecule has 0 saturated heterocycles. The molecule has 0 aromatic heterocycles. The van der Waals surface area contributed by atoms with E-state index in [1.54, 1.807) is 5.57 Å². The minimum atomic E-state index is 0.398. The second kappa shape index (κ2) is 5.59. The van der Waals surface area contributed by atoms with Crippen molar-refractivity contribution in [1.29, 1.82) is 0 Å². The van der Waals surface area contributed by atoms with Crippen molar-refractivity contribution in [3.8, 4) is 0 Å². The lowest BCUT2D eigenvalue weighted by Gasteiger charge is -2.27. The summed E-state index contributed by atoms with van der Waals surface area (Å²) in [6.07, 6.45) is 6.13. The first-order chi connectivity index (χ1) is 7.29. The molecule has 0 heteroatoms. The molecule has 0 aromatic rings. The van der Waals surface area contributed by atoms with E-state index in [0.29, 0.717) is 16.2 Å². The number of hydrogen-bond donors (Lipinski definition) is 0. The van der Waals surface area contributed by atoms with Crippen molar-refractivity contribution in [2.75, 3.05) is 0 Å². The van der Waals surface area contributed by atoms with Gasteiger partial charge in [-0.2, -0.15) is 0 Å². The van der Waals surface area contributed by atoms with E-state index in [1.807, 2.05) is 0 Å². The van der Waals surface area contributed by atoms with Gasteiger partial charge in [-0.3, -0.25) is 0 Å². The third-order valence-corrected chi connectivity index (χ3v) is 2.52. The fraction of sp³-hybridized carbons (Fsp3) is 0.882. The highest BCUT2D eigenvalue weighted by Crippen LogP contribution is 2.33. The molecule has 0 spiro atoms. The highest BCUT2D eigenvalue weighted by atomic mass is 14.2. The second-order valence-electron chi connectivity index (χ2n) is 9.10. The molecular weight excluding hydrogens is 204 g/mol. The molecule has 0 rings (SSSR count). The van der Waals surface area contributed by atoms with Crippen LogP contribution in [0.2, 0.25) is 0 Å². The third-order valence-electron chi connectivity index (χ3n) is 2.52. The van der Waals surface area contributed by atoms with Gasteiger partial charge in [-0.05, 0) is 35.5 Å². The van der Waals surface area contributed by atoms with Crippen LogP contribution >= 0.6 is 0 Å². The van der Waals surface area contributed by atoms with Gasteiger partial charge in [0.25, 0.3) is 0 Å². The van der Waals surface area contributed by atoms with Gasteiger partial charge in [0.2, 0.25) is 0 Å². The van der Waals surface area contributed by atoms with Gasteiger partial charge in [0.1, 0.15) is 0 Å². The van der Waals surface area contributed by atoms with Gasteiger partial charge in [-0.1, -0.05) is 74.0 Å². The van der Waals surface area contributed by atoms with Gasteiger partial charge in [-0.15, -0.1) is 0 Å². The van der Waals surface area contributed by atoms with Crippen LogP contribution in [0.5, 0.6) is 0 Å². The molecule has 0 N–H and O–H groups in total. The molecule has 0 aromatic carbocycles. The monoisotopic (exact) mass is 238 g/mol. The van der Waals surface area contributed by atoms with Crippen LogP contribution in [0.15, 0.2) is 11.6 Å². The Bertz CT molecular complexity index is 229. The zero-order valence-electron chi connectivity index (χ0n) is 13.7. The first-order valence-electron chi connectivity index (χ1n) is 6.96. The van der Waals surface area contributed by atoms with E-state index >= 15 is 0 Å². The highest BCUT2D eigenvalue weighted by Gasteiger charge is 2.19. The van der Waals surface area contributed by atoms with Crippen LogP contribution in [0, 0.1) is 16.2 Å². The zero-order chi connectivity index (χ0) is 13.9. The summed E-state index contributed by atoms with van der Waals surface area (Å²) >= 11 is 0. The van der Waals surface area contributed by atoms with Crippen molar-refractivity contribution in [2.24, 2.45) is 16.2 Å². The maximum atomic E-state index is 2.50. The lowest BCUT2D eigenvalue weighted by atomic mass is 9.79. The van der Waals surface area contributed by atoms with E-state index in [0.717, 1.165) is 0 Å². The van der Waals surface area contributed by atoms with Crippen LogP contribution in [0.1, 0.15) is 81.6 Å². The quantitative estimate of drug-likeness (QED) is 0.512. The van der Waals surface area contributed by atoms with Crippen molar-refractivity contribution in [1.82, 2.24) is 0 Å². The molecule has 0 aliphatic carbocycles. The van der Waals surface area contributed by atoms with Crippen LogP contribution in [0.3, 0.4) is 0 Å². The Labute approximate surface area is 110 Å². The van der Waals surface area contributed by atoms with E-state index in [1.165, 1.54) is 19.3 Å². The topological polar surface area (TPSA) is 0 Å². The molecular formula is C17H34. The molecule has 0 radical (unpaired) electrons. The zero-order valence-corrected chi connectivity index (χ0v) is 13.7. The number of allylic oxidation sites excluding steroid dienone is 2. The maximum absolute atomic E-state index is 2.50. The predicted octanol–water partition coefficient (Wildman–Crippen LogP) is 6.22. The van der Waals surface area contributed by atoms with Gasteiger partial charge in [0.15, 0.2) is 0 Å². The standard InChI is InChI=1S/C17H34/c1-15(2,3)11-10-14(12-16(4,5)6)13-17(7,8)9/h10H,11-13H2,1-9H3. The fourth-order valence-corrected chi connectivity index (χ4v) is 2.02.